The van der Waals surface area contributed by atoms with E-state index in [0.29, 0.717) is 25.3 Å². The first-order valence-corrected chi connectivity index (χ1v) is 11.6. The summed E-state index contributed by atoms with van der Waals surface area (Å²) < 4.78 is 24.1. The van der Waals surface area contributed by atoms with Gasteiger partial charge in [0.25, 0.3) is 5.91 Å². The molecule has 2 aliphatic rings. The van der Waals surface area contributed by atoms with Gasteiger partial charge in [-0.2, -0.15) is 5.10 Å². The molecule has 8 heteroatoms. The summed E-state index contributed by atoms with van der Waals surface area (Å²) >= 11 is 0. The quantitative estimate of drug-likeness (QED) is 0.563. The Hall–Kier alpha value is -3.26. The van der Waals surface area contributed by atoms with Gasteiger partial charge < -0.3 is 14.4 Å². The Labute approximate surface area is 199 Å². The minimum Gasteiger partial charge on any atom is -0.497 e. The molecule has 2 amide bonds. The molecule has 0 bridgehead atoms. The number of methoxy groups -OCH3 is 2. The van der Waals surface area contributed by atoms with Crippen LogP contribution in [-0.2, 0) is 14.3 Å². The summed E-state index contributed by atoms with van der Waals surface area (Å²) in [5.74, 6) is 0.0414. The number of ether oxygens (including phenoxy) is 2. The Morgan fingerprint density at radius 3 is 2.56 bits per heavy atom. The van der Waals surface area contributed by atoms with Crippen LogP contribution in [0.5, 0.6) is 5.75 Å². The van der Waals surface area contributed by atoms with Crippen molar-refractivity contribution in [1.82, 2.24) is 9.91 Å². The van der Waals surface area contributed by atoms with Crippen molar-refractivity contribution in [2.75, 3.05) is 33.9 Å². The molecule has 0 unspecified atom stereocenters. The number of halogens is 1. The van der Waals surface area contributed by atoms with Gasteiger partial charge in [-0.1, -0.05) is 30.7 Å². The van der Waals surface area contributed by atoms with E-state index < -0.39 is 6.04 Å². The summed E-state index contributed by atoms with van der Waals surface area (Å²) in [5, 5.41) is 6.11. The normalized spacial score (nSPS) is 17.8. The summed E-state index contributed by atoms with van der Waals surface area (Å²) in [6, 6.07) is 13.2. The lowest BCUT2D eigenvalue weighted by molar-refractivity contribution is -0.146. The molecule has 180 valence electrons. The van der Waals surface area contributed by atoms with Gasteiger partial charge >= 0.3 is 0 Å². The second-order valence-electron chi connectivity index (χ2n) is 8.67. The molecule has 0 saturated heterocycles. The topological polar surface area (TPSA) is 71.4 Å². The summed E-state index contributed by atoms with van der Waals surface area (Å²) in [4.78, 5) is 28.0. The molecule has 1 aliphatic carbocycles. The highest BCUT2D eigenvalue weighted by Crippen LogP contribution is 2.34. The molecule has 2 aromatic rings. The maximum absolute atomic E-state index is 13.6. The zero-order valence-corrected chi connectivity index (χ0v) is 19.6. The van der Waals surface area contributed by atoms with Crippen molar-refractivity contribution in [1.29, 1.82) is 0 Å². The van der Waals surface area contributed by atoms with E-state index in [9.17, 15) is 14.0 Å². The third-order valence-electron chi connectivity index (χ3n) is 6.48. The third-order valence-corrected chi connectivity index (χ3v) is 6.48. The van der Waals surface area contributed by atoms with Crippen molar-refractivity contribution in [3.63, 3.8) is 0 Å². The van der Waals surface area contributed by atoms with E-state index >= 15 is 0 Å². The molecule has 0 aromatic heterocycles. The van der Waals surface area contributed by atoms with Gasteiger partial charge in [-0.3, -0.25) is 9.59 Å². The molecule has 34 heavy (non-hydrogen) atoms. The molecular weight excluding hydrogens is 437 g/mol. The summed E-state index contributed by atoms with van der Waals surface area (Å²) in [6.07, 6.45) is 3.22. The zero-order valence-electron chi connectivity index (χ0n) is 19.6. The molecule has 0 radical (unpaired) electrons. The lowest BCUT2D eigenvalue weighted by Crippen LogP contribution is -2.46. The second kappa shape index (κ2) is 10.8. The highest BCUT2D eigenvalue weighted by Gasteiger charge is 2.36. The average Bonchev–Trinajstić information content (AvgIpc) is 3.26. The fourth-order valence-electron chi connectivity index (χ4n) is 4.28. The number of amides is 2. The van der Waals surface area contributed by atoms with Gasteiger partial charge in [0.15, 0.2) is 0 Å². The van der Waals surface area contributed by atoms with Crippen molar-refractivity contribution in [2.45, 2.75) is 31.7 Å². The molecule has 0 N–H and O–H groups in total. The number of hydrazone groups is 1. The van der Waals surface area contributed by atoms with Gasteiger partial charge in [-0.15, -0.1) is 0 Å². The molecule has 1 heterocycles. The summed E-state index contributed by atoms with van der Waals surface area (Å²) in [7, 11) is 3.17. The number of hydrogen-bond donors (Lipinski definition) is 0. The average molecular weight is 468 g/mol. The standard InChI is InChI=1S/C26H30FN3O4/c1-33-14-13-29(26(32)19-5-3-6-19)17-25(31)30-24(18-9-11-21(27)12-10-18)16-23(28-30)20-7-4-8-22(15-20)34-2/h4,7-12,15,19,24H,3,5-6,13-14,16-17H2,1-2H3/t24-/m0/s1. The van der Waals surface area contributed by atoms with Crippen LogP contribution >= 0.6 is 0 Å². The lowest BCUT2D eigenvalue weighted by Gasteiger charge is -2.32. The van der Waals surface area contributed by atoms with Gasteiger partial charge in [0.1, 0.15) is 18.1 Å². The van der Waals surface area contributed by atoms with Crippen LogP contribution in [0.25, 0.3) is 0 Å². The highest BCUT2D eigenvalue weighted by atomic mass is 19.1. The number of benzene rings is 2. The van der Waals surface area contributed by atoms with E-state index in [1.807, 2.05) is 24.3 Å². The molecule has 1 fully saturated rings. The Balaban J connectivity index is 1.60. The molecule has 7 nitrogen and oxygen atoms in total. The van der Waals surface area contributed by atoms with Gasteiger partial charge in [0, 0.05) is 31.6 Å². The van der Waals surface area contributed by atoms with Crippen molar-refractivity contribution in [2.24, 2.45) is 11.0 Å². The van der Waals surface area contributed by atoms with Crippen LogP contribution < -0.4 is 4.74 Å². The second-order valence-corrected chi connectivity index (χ2v) is 8.67. The monoisotopic (exact) mass is 467 g/mol. The molecule has 4 rings (SSSR count). The largest absolute Gasteiger partial charge is 0.497 e. The van der Waals surface area contributed by atoms with Crippen LogP contribution in [0.3, 0.4) is 0 Å². The third kappa shape index (κ3) is 5.28. The van der Waals surface area contributed by atoms with Crippen LogP contribution in [0.2, 0.25) is 0 Å². The van der Waals surface area contributed by atoms with Crippen LogP contribution in [-0.4, -0.2) is 61.4 Å². The van der Waals surface area contributed by atoms with E-state index in [0.717, 1.165) is 36.1 Å². The minimum absolute atomic E-state index is 0.00817. The van der Waals surface area contributed by atoms with E-state index in [2.05, 4.69) is 5.10 Å². The van der Waals surface area contributed by atoms with Crippen LogP contribution in [0.4, 0.5) is 4.39 Å². The fourth-order valence-corrected chi connectivity index (χ4v) is 4.28. The SMILES string of the molecule is COCCN(CC(=O)N1N=C(c2cccc(OC)c2)C[C@H]1c1ccc(F)cc1)C(=O)C1CCC1. The maximum atomic E-state index is 13.6. The first-order valence-electron chi connectivity index (χ1n) is 11.6. The van der Waals surface area contributed by atoms with E-state index in [4.69, 9.17) is 9.47 Å². The van der Waals surface area contributed by atoms with Crippen molar-refractivity contribution >= 4 is 17.5 Å². The first kappa shape index (κ1) is 23.9. The van der Waals surface area contributed by atoms with Crippen molar-refractivity contribution in [3.05, 3.63) is 65.5 Å². The lowest BCUT2D eigenvalue weighted by atomic mass is 9.84. The number of carbonyl (C=O) groups excluding carboxylic acids is 2. The predicted octanol–water partition coefficient (Wildman–Crippen LogP) is 3.79. The Morgan fingerprint density at radius 2 is 1.91 bits per heavy atom. The van der Waals surface area contributed by atoms with Crippen LogP contribution in [0.15, 0.2) is 53.6 Å². The maximum Gasteiger partial charge on any atom is 0.262 e. The summed E-state index contributed by atoms with van der Waals surface area (Å²) in [5.41, 5.74) is 2.36. The molecule has 1 atom stereocenters. The number of hydrogen-bond acceptors (Lipinski definition) is 5. The first-order chi connectivity index (χ1) is 16.5. The molecule has 1 aliphatic heterocycles. The van der Waals surface area contributed by atoms with E-state index in [1.165, 1.54) is 17.1 Å². The predicted molar refractivity (Wildman–Crippen MR) is 126 cm³/mol. The molecule has 2 aromatic carbocycles. The smallest absolute Gasteiger partial charge is 0.262 e. The van der Waals surface area contributed by atoms with Crippen LogP contribution in [0, 0.1) is 11.7 Å². The molecule has 0 spiro atoms. The Kier molecular flexibility index (Phi) is 7.57. The minimum atomic E-state index is -0.391. The summed E-state index contributed by atoms with van der Waals surface area (Å²) in [6.45, 7) is 0.621. The van der Waals surface area contributed by atoms with Crippen molar-refractivity contribution in [3.8, 4) is 5.75 Å². The van der Waals surface area contributed by atoms with Gasteiger partial charge in [0.05, 0.1) is 25.5 Å². The van der Waals surface area contributed by atoms with Gasteiger partial charge in [0.2, 0.25) is 5.91 Å². The number of carbonyl (C=O) groups is 2. The van der Waals surface area contributed by atoms with Crippen molar-refractivity contribution < 1.29 is 23.5 Å². The Morgan fingerprint density at radius 1 is 1.15 bits per heavy atom. The zero-order chi connectivity index (χ0) is 24.1. The number of rotatable bonds is 9. The highest BCUT2D eigenvalue weighted by molar-refractivity contribution is 6.03. The van der Waals surface area contributed by atoms with Gasteiger partial charge in [-0.05, 0) is 42.7 Å². The van der Waals surface area contributed by atoms with Gasteiger partial charge in [-0.25, -0.2) is 9.40 Å². The molecule has 1 saturated carbocycles. The van der Waals surface area contributed by atoms with E-state index in [-0.39, 0.29) is 30.1 Å². The van der Waals surface area contributed by atoms with E-state index in [1.54, 1.807) is 31.3 Å². The Bertz CT molecular complexity index is 1050. The van der Waals surface area contributed by atoms with Crippen LogP contribution in [0.1, 0.15) is 42.9 Å². The molecular formula is C26H30FN3O4. The fraction of sp³-hybridized carbons (Fsp3) is 0.423. The number of nitrogens with zero attached hydrogens (tertiary/aromatic N) is 3.